The standard InChI is InChI=1S/C13H14F3N3S/c1-19-7-11(12-17-4-5-18-12)20-10-3-2-8(6-9(10)19)13(14,15)16/h2-3,6,11H,4-5,7H2,1H3,(H,17,18). The normalized spacial score (nSPS) is 22.3. The molecule has 3 nitrogen and oxygen atoms in total. The van der Waals surface area contributed by atoms with Crippen molar-refractivity contribution in [3.63, 3.8) is 0 Å². The highest BCUT2D eigenvalue weighted by Crippen LogP contribution is 2.41. The van der Waals surface area contributed by atoms with Crippen LogP contribution in [0.3, 0.4) is 0 Å². The third-order valence-corrected chi connectivity index (χ3v) is 4.67. The number of rotatable bonds is 1. The van der Waals surface area contributed by atoms with Crippen molar-refractivity contribution in [2.75, 3.05) is 31.6 Å². The van der Waals surface area contributed by atoms with Gasteiger partial charge in [-0.15, -0.1) is 11.8 Å². The Morgan fingerprint density at radius 1 is 1.40 bits per heavy atom. The summed E-state index contributed by atoms with van der Waals surface area (Å²) in [6.45, 7) is 2.27. The quantitative estimate of drug-likeness (QED) is 0.864. The molecule has 1 aromatic rings. The number of hydrogen-bond acceptors (Lipinski definition) is 4. The van der Waals surface area contributed by atoms with Gasteiger partial charge in [-0.3, -0.25) is 4.99 Å². The molecule has 2 aliphatic heterocycles. The highest BCUT2D eigenvalue weighted by Gasteiger charge is 2.34. The average Bonchev–Trinajstić information content (AvgIpc) is 2.91. The van der Waals surface area contributed by atoms with E-state index in [4.69, 9.17) is 0 Å². The molecule has 0 aliphatic carbocycles. The first-order valence-electron chi connectivity index (χ1n) is 6.32. The molecule has 1 aromatic carbocycles. The highest BCUT2D eigenvalue weighted by atomic mass is 32.2. The van der Waals surface area contributed by atoms with Crippen molar-refractivity contribution in [1.82, 2.24) is 5.32 Å². The molecule has 20 heavy (non-hydrogen) atoms. The van der Waals surface area contributed by atoms with Gasteiger partial charge in [0.25, 0.3) is 0 Å². The number of aliphatic imine (C=N–C) groups is 1. The second kappa shape index (κ2) is 4.87. The van der Waals surface area contributed by atoms with Gasteiger partial charge in [0.15, 0.2) is 0 Å². The summed E-state index contributed by atoms with van der Waals surface area (Å²) in [6, 6.07) is 3.93. The molecule has 1 atom stereocenters. The lowest BCUT2D eigenvalue weighted by Gasteiger charge is -2.33. The minimum absolute atomic E-state index is 0.159. The first kappa shape index (κ1) is 13.6. The van der Waals surface area contributed by atoms with Crippen LogP contribution in [0.5, 0.6) is 0 Å². The Hall–Kier alpha value is -1.37. The fourth-order valence-corrected chi connectivity index (χ4v) is 3.76. The van der Waals surface area contributed by atoms with Crippen LogP contribution in [0.4, 0.5) is 18.9 Å². The molecule has 108 valence electrons. The van der Waals surface area contributed by atoms with Crippen LogP contribution in [-0.4, -0.2) is 37.8 Å². The van der Waals surface area contributed by atoms with Gasteiger partial charge in [-0.05, 0) is 18.2 Å². The molecule has 2 aliphatic rings. The van der Waals surface area contributed by atoms with Gasteiger partial charge in [-0.2, -0.15) is 13.2 Å². The number of halogens is 3. The molecule has 1 N–H and O–H groups in total. The number of anilines is 1. The molecular weight excluding hydrogens is 287 g/mol. The summed E-state index contributed by atoms with van der Waals surface area (Å²) in [7, 11) is 1.82. The van der Waals surface area contributed by atoms with E-state index in [1.54, 1.807) is 17.8 Å². The van der Waals surface area contributed by atoms with Gasteiger partial charge in [-0.1, -0.05) is 0 Å². The highest BCUT2D eigenvalue weighted by molar-refractivity contribution is 8.01. The molecule has 0 bridgehead atoms. The molecule has 0 radical (unpaired) electrons. The van der Waals surface area contributed by atoms with Crippen LogP contribution in [0.25, 0.3) is 0 Å². The van der Waals surface area contributed by atoms with Crippen LogP contribution in [0.15, 0.2) is 28.1 Å². The molecule has 0 amide bonds. The maximum absolute atomic E-state index is 12.8. The molecule has 3 rings (SSSR count). The summed E-state index contributed by atoms with van der Waals surface area (Å²) < 4.78 is 38.3. The van der Waals surface area contributed by atoms with Crippen molar-refractivity contribution >= 4 is 23.3 Å². The number of thioether (sulfide) groups is 1. The smallest absolute Gasteiger partial charge is 0.372 e. The predicted octanol–water partition coefficient (Wildman–Crippen LogP) is 2.62. The zero-order valence-corrected chi connectivity index (χ0v) is 11.7. The first-order valence-corrected chi connectivity index (χ1v) is 7.20. The van der Waals surface area contributed by atoms with Gasteiger partial charge in [0.05, 0.1) is 23.0 Å². The molecule has 0 saturated carbocycles. The maximum Gasteiger partial charge on any atom is 0.416 e. The summed E-state index contributed by atoms with van der Waals surface area (Å²) in [5, 5.41) is 3.39. The van der Waals surface area contributed by atoms with Crippen molar-refractivity contribution in [3.8, 4) is 0 Å². The zero-order chi connectivity index (χ0) is 14.3. The summed E-state index contributed by atoms with van der Waals surface area (Å²) in [5.41, 5.74) is 0.0400. The van der Waals surface area contributed by atoms with Crippen LogP contribution < -0.4 is 10.2 Å². The number of nitrogens with one attached hydrogen (secondary N) is 1. The Bertz CT molecular complexity index is 556. The average molecular weight is 301 g/mol. The van der Waals surface area contributed by atoms with E-state index in [9.17, 15) is 13.2 Å². The lowest BCUT2D eigenvalue weighted by atomic mass is 10.1. The van der Waals surface area contributed by atoms with Crippen molar-refractivity contribution in [2.24, 2.45) is 4.99 Å². The third kappa shape index (κ3) is 2.46. The van der Waals surface area contributed by atoms with E-state index in [2.05, 4.69) is 10.3 Å². The molecule has 0 fully saturated rings. The van der Waals surface area contributed by atoms with Crippen molar-refractivity contribution in [1.29, 1.82) is 0 Å². The molecule has 1 unspecified atom stereocenters. The lowest BCUT2D eigenvalue weighted by molar-refractivity contribution is -0.137. The van der Waals surface area contributed by atoms with Gasteiger partial charge in [0, 0.05) is 25.0 Å². The third-order valence-electron chi connectivity index (χ3n) is 3.41. The van der Waals surface area contributed by atoms with Gasteiger partial charge in [0.2, 0.25) is 0 Å². The van der Waals surface area contributed by atoms with E-state index < -0.39 is 11.7 Å². The minimum atomic E-state index is -4.30. The van der Waals surface area contributed by atoms with E-state index in [1.807, 2.05) is 11.9 Å². The molecule has 0 spiro atoms. The zero-order valence-electron chi connectivity index (χ0n) is 10.9. The number of hydrogen-bond donors (Lipinski definition) is 1. The summed E-state index contributed by atoms with van der Waals surface area (Å²) in [6.07, 6.45) is -4.30. The number of fused-ring (bicyclic) bond motifs is 1. The predicted molar refractivity (Wildman–Crippen MR) is 74.7 cm³/mol. The molecule has 0 saturated heterocycles. The molecular formula is C13H14F3N3S. The Morgan fingerprint density at radius 2 is 2.20 bits per heavy atom. The van der Waals surface area contributed by atoms with E-state index in [1.165, 1.54) is 6.07 Å². The van der Waals surface area contributed by atoms with Gasteiger partial charge in [-0.25, -0.2) is 0 Å². The van der Waals surface area contributed by atoms with Gasteiger partial charge >= 0.3 is 6.18 Å². The Kier molecular flexibility index (Phi) is 3.32. The Morgan fingerprint density at radius 3 is 2.85 bits per heavy atom. The number of amidine groups is 1. The molecule has 7 heteroatoms. The number of benzene rings is 1. The van der Waals surface area contributed by atoms with Gasteiger partial charge in [0.1, 0.15) is 5.84 Å². The summed E-state index contributed by atoms with van der Waals surface area (Å²) in [5.74, 6) is 0.951. The molecule has 0 aromatic heterocycles. The van der Waals surface area contributed by atoms with Crippen LogP contribution in [0, 0.1) is 0 Å². The molecule has 2 heterocycles. The number of alkyl halides is 3. The van der Waals surface area contributed by atoms with E-state index in [-0.39, 0.29) is 5.25 Å². The second-order valence-corrected chi connectivity index (χ2v) is 6.11. The fraction of sp³-hybridized carbons (Fsp3) is 0.462. The van der Waals surface area contributed by atoms with Crippen LogP contribution in [0.2, 0.25) is 0 Å². The van der Waals surface area contributed by atoms with Crippen molar-refractivity contribution in [2.45, 2.75) is 16.3 Å². The Balaban J connectivity index is 1.90. The van der Waals surface area contributed by atoms with Crippen LogP contribution in [-0.2, 0) is 6.18 Å². The van der Waals surface area contributed by atoms with E-state index >= 15 is 0 Å². The van der Waals surface area contributed by atoms with E-state index in [0.717, 1.165) is 29.9 Å². The van der Waals surface area contributed by atoms with Crippen molar-refractivity contribution in [3.05, 3.63) is 23.8 Å². The lowest BCUT2D eigenvalue weighted by Crippen LogP contribution is -2.40. The first-order chi connectivity index (χ1) is 9.45. The van der Waals surface area contributed by atoms with Crippen LogP contribution in [0.1, 0.15) is 5.56 Å². The monoisotopic (exact) mass is 301 g/mol. The number of nitrogens with zero attached hydrogens (tertiary/aromatic N) is 2. The second-order valence-electron chi connectivity index (χ2n) is 4.86. The maximum atomic E-state index is 12.8. The Labute approximate surface area is 119 Å². The summed E-state index contributed by atoms with van der Waals surface area (Å²) >= 11 is 1.58. The summed E-state index contributed by atoms with van der Waals surface area (Å²) in [4.78, 5) is 7.14. The largest absolute Gasteiger partial charge is 0.416 e. The van der Waals surface area contributed by atoms with Gasteiger partial charge < -0.3 is 10.2 Å². The SMILES string of the molecule is CN1CC(C2=NCCN2)Sc2ccc(C(F)(F)F)cc21. The minimum Gasteiger partial charge on any atom is -0.372 e. The topological polar surface area (TPSA) is 27.6 Å². The van der Waals surface area contributed by atoms with E-state index in [0.29, 0.717) is 12.2 Å². The van der Waals surface area contributed by atoms with Crippen LogP contribution >= 0.6 is 11.8 Å². The van der Waals surface area contributed by atoms with Crippen molar-refractivity contribution < 1.29 is 13.2 Å². The fourth-order valence-electron chi connectivity index (χ4n) is 2.40.